The predicted molar refractivity (Wildman–Crippen MR) is 76.5 cm³/mol. The first-order chi connectivity index (χ1) is 9.47. The van der Waals surface area contributed by atoms with E-state index in [9.17, 15) is 4.79 Å². The first-order valence-electron chi connectivity index (χ1n) is 6.46. The van der Waals surface area contributed by atoms with Crippen LogP contribution in [0.5, 0.6) is 11.6 Å². The van der Waals surface area contributed by atoms with E-state index in [-0.39, 0.29) is 11.6 Å². The number of rotatable bonds is 4. The highest BCUT2D eigenvalue weighted by Crippen LogP contribution is 2.27. The molecule has 4 nitrogen and oxygen atoms in total. The number of pyridine rings is 1. The number of aromatic nitrogens is 1. The minimum atomic E-state index is -1.07. The number of hydrogen-bond donors (Lipinski definition) is 1. The van der Waals surface area contributed by atoms with E-state index in [1.54, 1.807) is 12.1 Å². The third kappa shape index (κ3) is 3.15. The summed E-state index contributed by atoms with van der Waals surface area (Å²) in [7, 11) is 0. The van der Waals surface area contributed by atoms with Crippen molar-refractivity contribution in [3.8, 4) is 11.6 Å². The monoisotopic (exact) mass is 271 g/mol. The average Bonchev–Trinajstić information content (AvgIpc) is 2.41. The van der Waals surface area contributed by atoms with Crippen LogP contribution in [0.2, 0.25) is 0 Å². The van der Waals surface area contributed by atoms with Gasteiger partial charge in [0.05, 0.1) is 0 Å². The molecule has 1 N–H and O–H groups in total. The summed E-state index contributed by atoms with van der Waals surface area (Å²) in [6.45, 7) is 6.16. The summed E-state index contributed by atoms with van der Waals surface area (Å²) in [5, 5.41) is 8.93. The van der Waals surface area contributed by atoms with Crippen LogP contribution < -0.4 is 4.74 Å². The molecule has 0 fully saturated rings. The van der Waals surface area contributed by atoms with Gasteiger partial charge >= 0.3 is 5.97 Å². The van der Waals surface area contributed by atoms with Crippen LogP contribution >= 0.6 is 0 Å². The number of ether oxygens (including phenoxy) is 1. The highest BCUT2D eigenvalue weighted by Gasteiger charge is 2.09. The van der Waals surface area contributed by atoms with Gasteiger partial charge in [-0.15, -0.1) is 0 Å². The fraction of sp³-hybridized carbons (Fsp3) is 0.250. The van der Waals surface area contributed by atoms with Gasteiger partial charge in [0, 0.05) is 6.07 Å². The smallest absolute Gasteiger partial charge is 0.354 e. The second-order valence-corrected chi connectivity index (χ2v) is 4.95. The number of benzene rings is 1. The summed E-state index contributed by atoms with van der Waals surface area (Å²) in [6.07, 6.45) is 0. The molecule has 104 valence electrons. The van der Waals surface area contributed by atoms with Crippen LogP contribution in [0, 0.1) is 6.92 Å². The van der Waals surface area contributed by atoms with Crippen molar-refractivity contribution in [3.63, 3.8) is 0 Å². The summed E-state index contributed by atoms with van der Waals surface area (Å²) in [6, 6.07) is 10.7. The molecule has 0 spiro atoms. The maximum atomic E-state index is 10.9. The van der Waals surface area contributed by atoms with Crippen LogP contribution in [-0.2, 0) is 0 Å². The minimum Gasteiger partial charge on any atom is -0.477 e. The van der Waals surface area contributed by atoms with Gasteiger partial charge in [-0.25, -0.2) is 9.78 Å². The van der Waals surface area contributed by atoms with E-state index >= 15 is 0 Å². The van der Waals surface area contributed by atoms with Crippen molar-refractivity contribution in [3.05, 3.63) is 53.2 Å². The third-order valence-electron chi connectivity index (χ3n) is 3.04. The Morgan fingerprint density at radius 3 is 2.65 bits per heavy atom. The van der Waals surface area contributed by atoms with Gasteiger partial charge in [-0.05, 0) is 36.1 Å². The Morgan fingerprint density at radius 2 is 2.00 bits per heavy atom. The molecule has 0 radical (unpaired) electrons. The van der Waals surface area contributed by atoms with Crippen molar-refractivity contribution in [2.75, 3.05) is 0 Å². The van der Waals surface area contributed by atoms with Crippen molar-refractivity contribution in [1.29, 1.82) is 0 Å². The molecule has 0 unspecified atom stereocenters. The van der Waals surface area contributed by atoms with E-state index in [0.29, 0.717) is 11.7 Å². The van der Waals surface area contributed by atoms with Gasteiger partial charge in [0.15, 0.2) is 5.69 Å². The fourth-order valence-corrected chi connectivity index (χ4v) is 1.79. The molecule has 0 aliphatic rings. The highest BCUT2D eigenvalue weighted by molar-refractivity contribution is 5.85. The predicted octanol–water partition coefficient (Wildman–Crippen LogP) is 4.00. The number of aryl methyl sites for hydroxylation is 1. The van der Waals surface area contributed by atoms with Gasteiger partial charge in [0.25, 0.3) is 0 Å². The zero-order valence-electron chi connectivity index (χ0n) is 11.8. The van der Waals surface area contributed by atoms with Crippen LogP contribution in [0.1, 0.15) is 41.4 Å². The lowest BCUT2D eigenvalue weighted by atomic mass is 10.0. The van der Waals surface area contributed by atoms with Crippen LogP contribution in [0.25, 0.3) is 0 Å². The van der Waals surface area contributed by atoms with Crippen molar-refractivity contribution in [2.24, 2.45) is 0 Å². The Bertz CT molecular complexity index is 635. The number of nitrogens with zero attached hydrogens (tertiary/aromatic N) is 1. The molecule has 1 aromatic heterocycles. The van der Waals surface area contributed by atoms with Gasteiger partial charge in [0.2, 0.25) is 5.88 Å². The normalized spacial score (nSPS) is 10.6. The van der Waals surface area contributed by atoms with Crippen molar-refractivity contribution in [1.82, 2.24) is 4.98 Å². The quantitative estimate of drug-likeness (QED) is 0.912. The molecule has 2 rings (SSSR count). The molecule has 0 aliphatic heterocycles. The molecule has 0 aliphatic carbocycles. The average molecular weight is 271 g/mol. The number of carboxylic acid groups (broad SMARTS) is 1. The van der Waals surface area contributed by atoms with Gasteiger partial charge in [-0.3, -0.25) is 0 Å². The van der Waals surface area contributed by atoms with Gasteiger partial charge in [-0.2, -0.15) is 0 Å². The van der Waals surface area contributed by atoms with E-state index in [1.807, 2.05) is 19.1 Å². The molecular formula is C16H17NO3. The second-order valence-electron chi connectivity index (χ2n) is 4.95. The van der Waals surface area contributed by atoms with Crippen LogP contribution in [-0.4, -0.2) is 16.1 Å². The number of hydrogen-bond acceptors (Lipinski definition) is 3. The number of aromatic carboxylic acids is 1. The Labute approximate surface area is 118 Å². The molecule has 0 saturated heterocycles. The van der Waals surface area contributed by atoms with Crippen molar-refractivity contribution < 1.29 is 14.6 Å². The molecule has 0 bridgehead atoms. The van der Waals surface area contributed by atoms with Gasteiger partial charge in [-0.1, -0.05) is 32.0 Å². The Hall–Kier alpha value is -2.36. The zero-order chi connectivity index (χ0) is 14.7. The molecule has 2 aromatic rings. The Balaban J connectivity index is 2.32. The Morgan fingerprint density at radius 1 is 1.25 bits per heavy atom. The molecule has 1 heterocycles. The zero-order valence-corrected chi connectivity index (χ0v) is 11.8. The summed E-state index contributed by atoms with van der Waals surface area (Å²) in [5.41, 5.74) is 2.12. The molecule has 0 amide bonds. The van der Waals surface area contributed by atoms with Crippen LogP contribution in [0.3, 0.4) is 0 Å². The lowest BCUT2D eigenvalue weighted by Gasteiger charge is -2.12. The van der Waals surface area contributed by atoms with Gasteiger partial charge in [0.1, 0.15) is 5.75 Å². The summed E-state index contributed by atoms with van der Waals surface area (Å²) in [4.78, 5) is 14.9. The second kappa shape index (κ2) is 5.74. The molecular weight excluding hydrogens is 254 g/mol. The summed E-state index contributed by atoms with van der Waals surface area (Å²) < 4.78 is 5.72. The largest absolute Gasteiger partial charge is 0.477 e. The third-order valence-corrected chi connectivity index (χ3v) is 3.04. The lowest BCUT2D eigenvalue weighted by Crippen LogP contribution is -2.01. The van der Waals surface area contributed by atoms with E-state index in [2.05, 4.69) is 24.9 Å². The molecule has 20 heavy (non-hydrogen) atoms. The molecule has 4 heteroatoms. The molecule has 0 saturated carbocycles. The minimum absolute atomic E-state index is 0.0276. The first kappa shape index (κ1) is 14.1. The fourth-order valence-electron chi connectivity index (χ4n) is 1.79. The standard InChI is InChI=1S/C16H17NO3/c1-10(2)12-8-7-11(3)14(9-12)20-15-6-4-5-13(17-15)16(18)19/h4-10H,1-3H3,(H,18,19). The number of carbonyl (C=O) groups is 1. The lowest BCUT2D eigenvalue weighted by molar-refractivity contribution is 0.0689. The SMILES string of the molecule is Cc1ccc(C(C)C)cc1Oc1cccc(C(=O)O)n1. The molecule has 0 atom stereocenters. The van der Waals surface area contributed by atoms with Crippen LogP contribution in [0.4, 0.5) is 0 Å². The highest BCUT2D eigenvalue weighted by atomic mass is 16.5. The van der Waals surface area contributed by atoms with Crippen molar-refractivity contribution >= 4 is 5.97 Å². The maximum Gasteiger partial charge on any atom is 0.354 e. The van der Waals surface area contributed by atoms with Crippen LogP contribution in [0.15, 0.2) is 36.4 Å². The van der Waals surface area contributed by atoms with E-state index in [4.69, 9.17) is 9.84 Å². The summed E-state index contributed by atoms with van der Waals surface area (Å²) >= 11 is 0. The topological polar surface area (TPSA) is 59.4 Å². The summed E-state index contributed by atoms with van der Waals surface area (Å²) in [5.74, 6) is 0.319. The van der Waals surface area contributed by atoms with Crippen molar-refractivity contribution in [2.45, 2.75) is 26.7 Å². The first-order valence-corrected chi connectivity index (χ1v) is 6.46. The van der Waals surface area contributed by atoms with E-state index in [1.165, 1.54) is 11.6 Å². The van der Waals surface area contributed by atoms with Gasteiger partial charge < -0.3 is 9.84 Å². The number of carboxylic acids is 1. The van der Waals surface area contributed by atoms with E-state index < -0.39 is 5.97 Å². The maximum absolute atomic E-state index is 10.9. The Kier molecular flexibility index (Phi) is 4.03. The van der Waals surface area contributed by atoms with E-state index in [0.717, 1.165) is 5.56 Å². The molecule has 1 aromatic carbocycles.